The number of benzene rings is 2. The number of hydrogen-bond acceptors (Lipinski definition) is 5. The molecule has 5 nitrogen and oxygen atoms in total. The topological polar surface area (TPSA) is 33.2 Å². The fourth-order valence-corrected chi connectivity index (χ4v) is 12.5. The van der Waals surface area contributed by atoms with Crippen LogP contribution in [0.5, 0.6) is 0 Å². The van der Waals surface area contributed by atoms with Gasteiger partial charge in [-0.3, -0.25) is 9.80 Å². The molecular formula is C38H40N4O. The van der Waals surface area contributed by atoms with Crippen molar-refractivity contribution in [3.05, 3.63) is 107 Å². The van der Waals surface area contributed by atoms with Crippen molar-refractivity contribution in [1.29, 1.82) is 0 Å². The maximum Gasteiger partial charge on any atom is 0.131 e. The largest absolute Gasteiger partial charge is 0.375 e. The summed E-state index contributed by atoms with van der Waals surface area (Å²) in [4.78, 5) is 10.7. The summed E-state index contributed by atoms with van der Waals surface area (Å²) in [6.07, 6.45) is 14.3. The number of hydrogen-bond donors (Lipinski definition) is 1. The molecule has 0 aromatic heterocycles. The number of anilines is 2. The van der Waals surface area contributed by atoms with E-state index >= 15 is 0 Å². The molecule has 218 valence electrons. The van der Waals surface area contributed by atoms with Gasteiger partial charge in [0.05, 0.1) is 17.5 Å². The number of aliphatic hydroxyl groups is 1. The fourth-order valence-electron chi connectivity index (χ4n) is 12.5. The summed E-state index contributed by atoms with van der Waals surface area (Å²) in [7, 11) is 0. The molecule has 2 aliphatic carbocycles. The third kappa shape index (κ3) is 2.39. The highest BCUT2D eigenvalue weighted by Crippen LogP contribution is 2.69. The van der Waals surface area contributed by atoms with Crippen LogP contribution in [0.4, 0.5) is 11.4 Å². The molecule has 1 N–H and O–H groups in total. The number of nitrogens with zero attached hydrogens (tertiary/aromatic N) is 4. The molecule has 0 radical (unpaired) electrons. The second-order valence-electron chi connectivity index (χ2n) is 14.9. The van der Waals surface area contributed by atoms with Gasteiger partial charge < -0.3 is 14.9 Å². The number of rotatable bonds is 0. The molecule has 7 heterocycles. The first-order chi connectivity index (χ1) is 21.0. The summed E-state index contributed by atoms with van der Waals surface area (Å²) >= 11 is 0. The van der Waals surface area contributed by atoms with Crippen molar-refractivity contribution in [3.8, 4) is 0 Å². The van der Waals surface area contributed by atoms with Gasteiger partial charge in [0.15, 0.2) is 0 Å². The zero-order chi connectivity index (χ0) is 28.5. The Balaban J connectivity index is 1.26. The average molecular weight is 569 g/mol. The predicted molar refractivity (Wildman–Crippen MR) is 170 cm³/mol. The van der Waals surface area contributed by atoms with Gasteiger partial charge in [-0.05, 0) is 74.1 Å². The molecule has 2 spiro atoms. The van der Waals surface area contributed by atoms with E-state index in [-0.39, 0.29) is 22.8 Å². The van der Waals surface area contributed by atoms with Gasteiger partial charge in [-0.2, -0.15) is 0 Å². The van der Waals surface area contributed by atoms with Crippen LogP contribution in [0, 0.1) is 11.8 Å². The van der Waals surface area contributed by atoms with E-state index in [2.05, 4.69) is 107 Å². The maximum absolute atomic E-state index is 13.0. The molecule has 4 saturated heterocycles. The Morgan fingerprint density at radius 1 is 0.767 bits per heavy atom. The first-order valence-electron chi connectivity index (χ1n) is 16.8. The lowest BCUT2D eigenvalue weighted by molar-refractivity contribution is -0.157. The van der Waals surface area contributed by atoms with Crippen molar-refractivity contribution in [2.75, 3.05) is 36.0 Å². The smallest absolute Gasteiger partial charge is 0.131 e. The number of fused-ring (bicyclic) bond motifs is 8. The first kappa shape index (κ1) is 24.2. The van der Waals surface area contributed by atoms with E-state index in [9.17, 15) is 5.11 Å². The molecule has 9 aliphatic rings. The lowest BCUT2D eigenvalue weighted by atomic mass is 9.55. The third-order valence-corrected chi connectivity index (χ3v) is 14.1. The lowest BCUT2D eigenvalue weighted by Gasteiger charge is -2.60. The van der Waals surface area contributed by atoms with E-state index in [1.54, 1.807) is 16.7 Å². The van der Waals surface area contributed by atoms with Crippen LogP contribution >= 0.6 is 0 Å². The maximum atomic E-state index is 13.0. The van der Waals surface area contributed by atoms with Gasteiger partial charge in [-0.15, -0.1) is 0 Å². The van der Waals surface area contributed by atoms with E-state index in [0.29, 0.717) is 18.0 Å². The summed E-state index contributed by atoms with van der Waals surface area (Å²) in [6.45, 7) is 8.59. The Kier molecular flexibility index (Phi) is 4.26. The zero-order valence-corrected chi connectivity index (χ0v) is 25.2. The van der Waals surface area contributed by atoms with Crippen molar-refractivity contribution in [2.45, 2.75) is 74.2 Å². The minimum atomic E-state index is -0.832. The zero-order valence-electron chi connectivity index (χ0n) is 25.2. The van der Waals surface area contributed by atoms with Gasteiger partial charge >= 0.3 is 0 Å². The van der Waals surface area contributed by atoms with Gasteiger partial charge in [-0.25, -0.2) is 0 Å². The third-order valence-electron chi connectivity index (χ3n) is 14.1. The highest BCUT2D eigenvalue weighted by Gasteiger charge is 2.74. The van der Waals surface area contributed by atoms with Crippen LogP contribution in [0.25, 0.3) is 0 Å². The fraction of sp³-hybridized carbons (Fsp3) is 0.474. The molecule has 6 fully saturated rings. The summed E-state index contributed by atoms with van der Waals surface area (Å²) in [6, 6.07) is 19.6. The standard InChI is InChI=1S/C38H40N4O/c1-3-23-19-39-15-13-36-29-9-5-7-11-31(29)41-22-28-26-18-38(43)37(14-16-40(38)20-24(26)4-2)30-10-6-8-12-32(30)42(35(28)37)21-27(34(36)41)25(23)17-33(36)39/h3-12,21-22,25-26,33-35,43H,13-20H2,1-2H3/b23-3+,24-4+,27-21-,28-22-. The van der Waals surface area contributed by atoms with Gasteiger partial charge in [-0.1, -0.05) is 59.7 Å². The molecule has 5 heteroatoms. The van der Waals surface area contributed by atoms with Crippen molar-refractivity contribution in [3.63, 3.8) is 0 Å². The molecule has 2 aromatic carbocycles. The highest BCUT2D eigenvalue weighted by molar-refractivity contribution is 5.77. The van der Waals surface area contributed by atoms with E-state index < -0.39 is 5.72 Å². The molecule has 8 atom stereocenters. The Labute approximate surface area is 254 Å². The molecule has 43 heavy (non-hydrogen) atoms. The minimum absolute atomic E-state index is 0.113. The Morgan fingerprint density at radius 2 is 1.44 bits per heavy atom. The van der Waals surface area contributed by atoms with E-state index in [1.807, 2.05) is 0 Å². The van der Waals surface area contributed by atoms with Crippen LogP contribution in [0.1, 0.15) is 50.7 Å². The number of allylic oxidation sites excluding steroid dienone is 2. The Bertz CT molecular complexity index is 1770. The second-order valence-corrected chi connectivity index (χ2v) is 14.9. The van der Waals surface area contributed by atoms with Crippen molar-refractivity contribution >= 4 is 11.4 Å². The van der Waals surface area contributed by atoms with Crippen LogP contribution in [0.3, 0.4) is 0 Å². The average Bonchev–Trinajstić information content (AvgIpc) is 3.73. The summed E-state index contributed by atoms with van der Waals surface area (Å²) in [5, 5.41) is 13.0. The molecule has 11 rings (SSSR count). The summed E-state index contributed by atoms with van der Waals surface area (Å²) < 4.78 is 0. The van der Waals surface area contributed by atoms with Crippen LogP contribution in [0.2, 0.25) is 0 Å². The highest BCUT2D eigenvalue weighted by atomic mass is 16.3. The normalized spacial score (nSPS) is 46.9. The van der Waals surface area contributed by atoms with Crippen LogP contribution in [0.15, 0.2) is 95.4 Å². The quantitative estimate of drug-likeness (QED) is 0.428. The number of piperidine rings is 2. The Hall–Kier alpha value is -3.12. The molecular weight excluding hydrogens is 528 g/mol. The van der Waals surface area contributed by atoms with E-state index in [1.165, 1.54) is 47.5 Å². The molecule has 7 aliphatic heterocycles. The first-order valence-corrected chi connectivity index (χ1v) is 16.8. The lowest BCUT2D eigenvalue weighted by Crippen LogP contribution is -2.69. The van der Waals surface area contributed by atoms with Crippen molar-refractivity contribution in [2.24, 2.45) is 11.8 Å². The minimum Gasteiger partial charge on any atom is -0.375 e. The van der Waals surface area contributed by atoms with E-state index in [4.69, 9.17) is 0 Å². The second kappa shape index (κ2) is 7.56. The monoisotopic (exact) mass is 568 g/mol. The van der Waals surface area contributed by atoms with Crippen molar-refractivity contribution in [1.82, 2.24) is 9.80 Å². The van der Waals surface area contributed by atoms with Crippen LogP contribution in [-0.4, -0.2) is 64.9 Å². The molecule has 4 bridgehead atoms. The molecule has 8 unspecified atom stereocenters. The molecule has 2 aromatic rings. The van der Waals surface area contributed by atoms with Gasteiger partial charge in [0.25, 0.3) is 0 Å². The number of para-hydroxylation sites is 2. The Morgan fingerprint density at radius 3 is 2.23 bits per heavy atom. The van der Waals surface area contributed by atoms with Gasteiger partial charge in [0.2, 0.25) is 0 Å². The molecule has 2 saturated carbocycles. The SMILES string of the molecule is C/C=C1\CN2CCC34c5ccccc5N5/C=C6/C7CC8(O)N(CCC89c8ccccc8N(/C=C(/C1CC23)C54)C69)C/C7=C\C. The summed E-state index contributed by atoms with van der Waals surface area (Å²) in [5.41, 5.74) is 10.9. The van der Waals surface area contributed by atoms with Gasteiger partial charge in [0, 0.05) is 73.1 Å². The van der Waals surface area contributed by atoms with Crippen LogP contribution in [-0.2, 0) is 10.8 Å². The van der Waals surface area contributed by atoms with Crippen LogP contribution < -0.4 is 9.80 Å². The molecule has 0 amide bonds. The van der Waals surface area contributed by atoms with E-state index in [0.717, 1.165) is 32.5 Å². The van der Waals surface area contributed by atoms with Gasteiger partial charge in [0.1, 0.15) is 5.72 Å². The van der Waals surface area contributed by atoms with Crippen molar-refractivity contribution < 1.29 is 5.11 Å². The summed E-state index contributed by atoms with van der Waals surface area (Å²) in [5.74, 6) is 0.725. The predicted octanol–water partition coefficient (Wildman–Crippen LogP) is 5.45.